The Kier molecular flexibility index (Phi) is 6.28. The van der Waals surface area contributed by atoms with Gasteiger partial charge in [-0.15, -0.1) is 0 Å². The molecule has 2 aromatic carbocycles. The Morgan fingerprint density at radius 2 is 1.74 bits per heavy atom. The van der Waals surface area contributed by atoms with Crippen LogP contribution in [0.5, 0.6) is 0 Å². The predicted octanol–water partition coefficient (Wildman–Crippen LogP) is 0.487. The lowest BCUT2D eigenvalue weighted by molar-refractivity contribution is -0.258. The van der Waals surface area contributed by atoms with Gasteiger partial charge in [0.15, 0.2) is 0 Å². The Balaban J connectivity index is 1.31. The maximum Gasteiger partial charge on any atom is 0.281 e. The van der Waals surface area contributed by atoms with Crippen molar-refractivity contribution in [3.63, 3.8) is 0 Å². The molecule has 3 aliphatic heterocycles. The fraction of sp³-hybridized carbons (Fsp3) is 0.400. The van der Waals surface area contributed by atoms with E-state index < -0.39 is 29.7 Å². The number of amides is 3. The molecule has 3 amide bonds. The van der Waals surface area contributed by atoms with Crippen LogP contribution in [0.2, 0.25) is 0 Å². The Bertz CT molecular complexity index is 1140. The number of fused-ring (bicyclic) bond motifs is 1. The summed E-state index contributed by atoms with van der Waals surface area (Å²) in [6.45, 7) is 4.60. The first-order valence-electron chi connectivity index (χ1n) is 11.7. The van der Waals surface area contributed by atoms with E-state index in [1.165, 1.54) is 11.6 Å². The summed E-state index contributed by atoms with van der Waals surface area (Å²) >= 11 is 0. The molecule has 10 heteroatoms. The maximum absolute atomic E-state index is 13.1. The molecule has 0 aliphatic carbocycles. The van der Waals surface area contributed by atoms with Gasteiger partial charge in [0.25, 0.3) is 11.8 Å². The van der Waals surface area contributed by atoms with Crippen molar-refractivity contribution >= 4 is 23.4 Å². The first-order chi connectivity index (χ1) is 16.8. The monoisotopic (exact) mass is 480 g/mol. The van der Waals surface area contributed by atoms with Crippen LogP contribution in [-0.4, -0.2) is 70.1 Å². The van der Waals surface area contributed by atoms with Gasteiger partial charge in [0, 0.05) is 38.3 Å². The highest BCUT2D eigenvalue weighted by atomic mass is 16.5. The van der Waals surface area contributed by atoms with E-state index in [1.54, 1.807) is 12.1 Å². The van der Waals surface area contributed by atoms with E-state index in [0.717, 1.165) is 43.3 Å². The van der Waals surface area contributed by atoms with Crippen molar-refractivity contribution in [3.05, 3.63) is 64.7 Å². The lowest BCUT2D eigenvalue weighted by Gasteiger charge is -2.36. The molecular weight excluding hydrogens is 452 g/mol. The molecule has 2 fully saturated rings. The first-order valence-corrected chi connectivity index (χ1v) is 11.7. The van der Waals surface area contributed by atoms with Gasteiger partial charge in [0.05, 0.1) is 24.3 Å². The highest BCUT2D eigenvalue weighted by molar-refractivity contribution is 6.06. The SMILES string of the molecule is O=C1CCC(N2C(=O)c3cccc(NCc4ccc(CN5CCOCC5)cc4)c3C2(O)O)C(=O)N1. The van der Waals surface area contributed by atoms with Crippen molar-refractivity contribution in [3.8, 4) is 0 Å². The Morgan fingerprint density at radius 3 is 2.46 bits per heavy atom. The van der Waals surface area contributed by atoms with Crippen LogP contribution >= 0.6 is 0 Å². The molecule has 0 radical (unpaired) electrons. The number of nitrogens with one attached hydrogen (secondary N) is 2. The van der Waals surface area contributed by atoms with Gasteiger partial charge in [-0.1, -0.05) is 30.3 Å². The first kappa shape index (κ1) is 23.4. The third-order valence-corrected chi connectivity index (χ3v) is 6.72. The summed E-state index contributed by atoms with van der Waals surface area (Å²) in [5.74, 6) is -4.53. The molecule has 1 unspecified atom stereocenters. The smallest absolute Gasteiger partial charge is 0.281 e. The molecule has 1 atom stereocenters. The molecule has 184 valence electrons. The molecule has 0 aromatic heterocycles. The standard InChI is InChI=1S/C25H28N4O6/c30-21-9-8-20(23(31)27-21)29-24(32)18-2-1-3-19(22(18)25(29,33)34)26-14-16-4-6-17(7-5-16)15-28-10-12-35-13-11-28/h1-7,20,26,33-34H,8-15H2,(H,27,30,31). The fourth-order valence-corrected chi connectivity index (χ4v) is 4.90. The third-order valence-electron chi connectivity index (χ3n) is 6.72. The van der Waals surface area contributed by atoms with Crippen molar-refractivity contribution in [1.29, 1.82) is 0 Å². The molecule has 5 rings (SSSR count). The van der Waals surface area contributed by atoms with Crippen LogP contribution < -0.4 is 10.6 Å². The van der Waals surface area contributed by atoms with Gasteiger partial charge in [-0.2, -0.15) is 0 Å². The maximum atomic E-state index is 13.1. The number of nitrogens with zero attached hydrogens (tertiary/aromatic N) is 2. The van der Waals surface area contributed by atoms with Crippen LogP contribution in [0.1, 0.15) is 39.9 Å². The molecule has 2 saturated heterocycles. The molecule has 0 saturated carbocycles. The van der Waals surface area contributed by atoms with E-state index in [2.05, 4.69) is 27.7 Å². The molecule has 0 bridgehead atoms. The Labute approximate surface area is 202 Å². The van der Waals surface area contributed by atoms with Crippen molar-refractivity contribution < 1.29 is 29.3 Å². The van der Waals surface area contributed by atoms with Gasteiger partial charge in [-0.25, -0.2) is 0 Å². The number of benzene rings is 2. The Morgan fingerprint density at radius 1 is 1.03 bits per heavy atom. The topological polar surface area (TPSA) is 131 Å². The van der Waals surface area contributed by atoms with Gasteiger partial charge in [0.2, 0.25) is 11.8 Å². The number of carbonyl (C=O) groups is 3. The van der Waals surface area contributed by atoms with Crippen molar-refractivity contribution in [2.45, 2.75) is 37.9 Å². The van der Waals surface area contributed by atoms with E-state index in [-0.39, 0.29) is 24.0 Å². The zero-order valence-corrected chi connectivity index (χ0v) is 19.2. The van der Waals surface area contributed by atoms with Gasteiger partial charge in [0.1, 0.15) is 6.04 Å². The molecule has 4 N–H and O–H groups in total. The number of imide groups is 1. The van der Waals surface area contributed by atoms with Crippen LogP contribution in [0, 0.1) is 0 Å². The summed E-state index contributed by atoms with van der Waals surface area (Å²) in [4.78, 5) is 40.0. The molecule has 0 spiro atoms. The molecule has 3 aliphatic rings. The summed E-state index contributed by atoms with van der Waals surface area (Å²) in [5.41, 5.74) is 2.67. The van der Waals surface area contributed by atoms with E-state index in [9.17, 15) is 24.6 Å². The van der Waals surface area contributed by atoms with Gasteiger partial charge in [-0.3, -0.25) is 29.5 Å². The van der Waals surface area contributed by atoms with Crippen molar-refractivity contribution in [1.82, 2.24) is 15.1 Å². The minimum Gasteiger partial charge on any atom is -0.380 e. The summed E-state index contributed by atoms with van der Waals surface area (Å²) in [6.07, 6.45) is 0.0338. The number of ether oxygens (including phenoxy) is 1. The number of rotatable bonds is 6. The lowest BCUT2D eigenvalue weighted by Crippen LogP contribution is -2.58. The van der Waals surface area contributed by atoms with Crippen molar-refractivity contribution in [2.24, 2.45) is 0 Å². The second-order valence-corrected chi connectivity index (χ2v) is 9.06. The van der Waals surface area contributed by atoms with Crippen LogP contribution in [-0.2, 0) is 33.3 Å². The average molecular weight is 481 g/mol. The number of morpholine rings is 1. The normalized spacial score (nSPS) is 22.2. The second-order valence-electron chi connectivity index (χ2n) is 9.06. The summed E-state index contributed by atoms with van der Waals surface area (Å²) < 4.78 is 5.39. The summed E-state index contributed by atoms with van der Waals surface area (Å²) in [5, 5.41) is 27.4. The minimum absolute atomic E-state index is 0.00126. The van der Waals surface area contributed by atoms with Crippen LogP contribution in [0.15, 0.2) is 42.5 Å². The number of aliphatic hydroxyl groups is 2. The number of carbonyl (C=O) groups excluding carboxylic acids is 3. The molecule has 3 heterocycles. The van der Waals surface area contributed by atoms with Crippen LogP contribution in [0.4, 0.5) is 5.69 Å². The second kappa shape index (κ2) is 9.38. The van der Waals surface area contributed by atoms with Gasteiger partial charge < -0.3 is 20.3 Å². The average Bonchev–Trinajstić information content (AvgIpc) is 3.05. The summed E-state index contributed by atoms with van der Waals surface area (Å²) in [7, 11) is 0. The number of hydrogen-bond donors (Lipinski definition) is 4. The number of hydrogen-bond acceptors (Lipinski definition) is 8. The van der Waals surface area contributed by atoms with Crippen LogP contribution in [0.3, 0.4) is 0 Å². The zero-order chi connectivity index (χ0) is 24.6. The van der Waals surface area contributed by atoms with Crippen molar-refractivity contribution in [2.75, 3.05) is 31.6 Å². The predicted molar refractivity (Wildman–Crippen MR) is 125 cm³/mol. The molecule has 2 aromatic rings. The lowest BCUT2D eigenvalue weighted by atomic mass is 10.0. The quantitative estimate of drug-likeness (QED) is 0.347. The number of anilines is 1. The Hall–Kier alpha value is -3.31. The highest BCUT2D eigenvalue weighted by Crippen LogP contribution is 2.42. The van der Waals surface area contributed by atoms with Gasteiger partial charge in [-0.05, 0) is 29.7 Å². The molecular formula is C25H28N4O6. The van der Waals surface area contributed by atoms with E-state index >= 15 is 0 Å². The van der Waals surface area contributed by atoms with E-state index in [4.69, 9.17) is 4.74 Å². The minimum atomic E-state index is -2.69. The van der Waals surface area contributed by atoms with Crippen LogP contribution in [0.25, 0.3) is 0 Å². The third kappa shape index (κ3) is 4.53. The van der Waals surface area contributed by atoms with E-state index in [0.29, 0.717) is 12.2 Å². The number of piperidine rings is 1. The molecule has 35 heavy (non-hydrogen) atoms. The zero-order valence-electron chi connectivity index (χ0n) is 19.2. The van der Waals surface area contributed by atoms with Gasteiger partial charge >= 0.3 is 0 Å². The summed E-state index contributed by atoms with van der Waals surface area (Å²) in [6, 6.07) is 11.8. The molecule has 10 nitrogen and oxygen atoms in total. The highest BCUT2D eigenvalue weighted by Gasteiger charge is 2.54. The van der Waals surface area contributed by atoms with E-state index in [1.807, 2.05) is 12.1 Å². The largest absolute Gasteiger partial charge is 0.380 e. The fourth-order valence-electron chi connectivity index (χ4n) is 4.90.